The van der Waals surface area contributed by atoms with Gasteiger partial charge in [0.25, 0.3) is 5.91 Å². The summed E-state index contributed by atoms with van der Waals surface area (Å²) in [4.78, 5) is 12.6. The summed E-state index contributed by atoms with van der Waals surface area (Å²) in [6, 6.07) is 7.58. The molecule has 0 atom stereocenters. The van der Waals surface area contributed by atoms with Gasteiger partial charge in [-0.05, 0) is 103 Å². The highest BCUT2D eigenvalue weighted by molar-refractivity contribution is 14.1. The molecule has 7 heteroatoms. The summed E-state index contributed by atoms with van der Waals surface area (Å²) < 4.78 is 8.94. The number of aryl methyl sites for hydroxylation is 2. The lowest BCUT2D eigenvalue weighted by Gasteiger charge is -2.14. The molecule has 0 aliphatic rings. The Morgan fingerprint density at radius 1 is 1.28 bits per heavy atom. The van der Waals surface area contributed by atoms with Crippen molar-refractivity contribution >= 4 is 57.2 Å². The topological polar surface area (TPSA) is 67.9 Å². The van der Waals surface area contributed by atoms with Crippen molar-refractivity contribution in [3.05, 3.63) is 47.9 Å². The van der Waals surface area contributed by atoms with Crippen LogP contribution in [0.25, 0.3) is 6.08 Å². The van der Waals surface area contributed by atoms with Crippen molar-refractivity contribution in [2.24, 2.45) is 0 Å². The number of rotatable bonds is 4. The van der Waals surface area contributed by atoms with E-state index in [4.69, 9.17) is 4.74 Å². The van der Waals surface area contributed by atoms with Crippen LogP contribution >= 0.6 is 45.2 Å². The van der Waals surface area contributed by atoms with Crippen LogP contribution in [0.2, 0.25) is 0 Å². The largest absolute Gasteiger partial charge is 0.489 e. The van der Waals surface area contributed by atoms with Crippen molar-refractivity contribution in [3.63, 3.8) is 0 Å². The normalized spacial score (nSPS) is 11.5. The maximum Gasteiger partial charge on any atom is 0.289 e. The van der Waals surface area contributed by atoms with Gasteiger partial charge in [-0.3, -0.25) is 4.79 Å². The number of hydrogen-bond acceptors (Lipinski definition) is 4. The molecule has 25 heavy (non-hydrogen) atoms. The molecule has 0 bridgehead atoms. The van der Waals surface area contributed by atoms with E-state index < -0.39 is 5.91 Å². The van der Waals surface area contributed by atoms with Crippen molar-refractivity contribution in [2.75, 3.05) is 0 Å². The maximum absolute atomic E-state index is 12.6. The van der Waals surface area contributed by atoms with E-state index in [1.165, 1.54) is 4.68 Å². The third-order valence-electron chi connectivity index (χ3n) is 3.24. The van der Waals surface area contributed by atoms with Crippen molar-refractivity contribution in [1.29, 1.82) is 5.26 Å². The van der Waals surface area contributed by atoms with Crippen molar-refractivity contribution < 1.29 is 9.53 Å². The molecule has 0 aliphatic carbocycles. The van der Waals surface area contributed by atoms with E-state index >= 15 is 0 Å². The Kier molecular flexibility index (Phi) is 6.62. The first-order valence-corrected chi connectivity index (χ1v) is 9.74. The van der Waals surface area contributed by atoms with E-state index in [0.29, 0.717) is 5.69 Å². The Hall–Kier alpha value is -1.41. The first kappa shape index (κ1) is 19.9. The van der Waals surface area contributed by atoms with Gasteiger partial charge in [-0.15, -0.1) is 0 Å². The lowest BCUT2D eigenvalue weighted by Crippen LogP contribution is -2.15. The molecule has 0 fully saturated rings. The van der Waals surface area contributed by atoms with E-state index in [1.807, 2.05) is 39.0 Å². The Bertz CT molecular complexity index is 869. The summed E-state index contributed by atoms with van der Waals surface area (Å²) in [5.41, 5.74) is 2.25. The number of aromatic nitrogens is 2. The first-order valence-electron chi connectivity index (χ1n) is 7.58. The van der Waals surface area contributed by atoms with E-state index in [9.17, 15) is 10.1 Å². The van der Waals surface area contributed by atoms with Gasteiger partial charge in [-0.2, -0.15) is 10.4 Å². The summed E-state index contributed by atoms with van der Waals surface area (Å²) in [7, 11) is 0. The average molecular weight is 561 g/mol. The summed E-state index contributed by atoms with van der Waals surface area (Å²) in [6.45, 7) is 7.54. The quantitative estimate of drug-likeness (QED) is 0.308. The molecule has 1 aromatic heterocycles. The van der Waals surface area contributed by atoms with Crippen LogP contribution in [0, 0.1) is 32.3 Å². The van der Waals surface area contributed by atoms with Gasteiger partial charge in [0, 0.05) is 5.69 Å². The number of hydrogen-bond donors (Lipinski definition) is 0. The number of nitriles is 1. The van der Waals surface area contributed by atoms with Crippen LogP contribution in [0.15, 0.2) is 23.8 Å². The van der Waals surface area contributed by atoms with Crippen molar-refractivity contribution in [1.82, 2.24) is 9.78 Å². The zero-order valence-corrected chi connectivity index (χ0v) is 18.6. The van der Waals surface area contributed by atoms with Gasteiger partial charge in [-0.25, -0.2) is 4.68 Å². The molecule has 1 aromatic carbocycles. The van der Waals surface area contributed by atoms with Crippen LogP contribution in [-0.2, 0) is 0 Å². The fourth-order valence-electron chi connectivity index (χ4n) is 2.27. The van der Waals surface area contributed by atoms with E-state index in [-0.39, 0.29) is 11.7 Å². The monoisotopic (exact) mass is 561 g/mol. The molecule has 5 nitrogen and oxygen atoms in total. The third-order valence-corrected chi connectivity index (χ3v) is 4.84. The number of carbonyl (C=O) groups excluding carboxylic acids is 1. The lowest BCUT2D eigenvalue weighted by molar-refractivity contribution is 0.0943. The second kappa shape index (κ2) is 8.31. The average Bonchev–Trinajstić information content (AvgIpc) is 2.86. The fraction of sp³-hybridized carbons (Fsp3) is 0.278. The Morgan fingerprint density at radius 2 is 1.88 bits per heavy atom. The second-order valence-corrected chi connectivity index (χ2v) is 8.12. The van der Waals surface area contributed by atoms with E-state index in [0.717, 1.165) is 24.1 Å². The Balaban J connectivity index is 2.42. The minimum Gasteiger partial charge on any atom is -0.489 e. The maximum atomic E-state index is 12.6. The molecule has 1 heterocycles. The summed E-state index contributed by atoms with van der Waals surface area (Å²) >= 11 is 4.39. The molecule has 0 aliphatic heterocycles. The van der Waals surface area contributed by atoms with Gasteiger partial charge in [0.2, 0.25) is 0 Å². The van der Waals surface area contributed by atoms with Gasteiger partial charge in [0.1, 0.15) is 17.4 Å². The molecule has 0 saturated heterocycles. The van der Waals surface area contributed by atoms with Gasteiger partial charge < -0.3 is 4.74 Å². The second-order valence-electron chi connectivity index (χ2n) is 5.79. The molecule has 0 radical (unpaired) electrons. The SMILES string of the molecule is Cc1cc(C)n(C(=O)/C(C#N)=C/c2cc(I)c(OC(C)C)c(I)c2)n1. The van der Waals surface area contributed by atoms with Crippen LogP contribution in [0.3, 0.4) is 0 Å². The van der Waals surface area contributed by atoms with Crippen LogP contribution in [0.1, 0.15) is 35.6 Å². The fourth-order valence-corrected chi connectivity index (χ4v) is 4.34. The summed E-state index contributed by atoms with van der Waals surface area (Å²) in [5, 5.41) is 13.6. The van der Waals surface area contributed by atoms with E-state index in [1.54, 1.807) is 19.1 Å². The van der Waals surface area contributed by atoms with Crippen LogP contribution in [-0.4, -0.2) is 21.8 Å². The molecule has 130 valence electrons. The Morgan fingerprint density at radius 3 is 2.32 bits per heavy atom. The summed E-state index contributed by atoms with van der Waals surface area (Å²) in [5.74, 6) is 0.386. The van der Waals surface area contributed by atoms with Gasteiger partial charge in [0.05, 0.1) is 18.9 Å². The number of allylic oxidation sites excluding steroid dienone is 1. The zero-order chi connectivity index (χ0) is 18.7. The predicted molar refractivity (Wildman–Crippen MR) is 114 cm³/mol. The smallest absolute Gasteiger partial charge is 0.289 e. The predicted octanol–water partition coefficient (Wildman–Crippen LogP) is 4.74. The lowest BCUT2D eigenvalue weighted by atomic mass is 10.1. The van der Waals surface area contributed by atoms with Gasteiger partial charge in [-0.1, -0.05) is 0 Å². The Labute approximate surface area is 174 Å². The van der Waals surface area contributed by atoms with E-state index in [2.05, 4.69) is 50.3 Å². The molecular formula is C18H17I2N3O2. The number of carbonyl (C=O) groups is 1. The first-order chi connectivity index (χ1) is 11.7. The zero-order valence-electron chi connectivity index (χ0n) is 14.3. The molecule has 0 N–H and O–H groups in total. The number of ether oxygens (including phenoxy) is 1. The van der Waals surface area contributed by atoms with Crippen LogP contribution < -0.4 is 4.74 Å². The number of benzene rings is 1. The highest BCUT2D eigenvalue weighted by Crippen LogP contribution is 2.30. The standard InChI is InChI=1S/C18H17I2N3O2/c1-10(2)25-17-15(19)7-13(8-16(17)20)6-14(9-21)18(24)23-12(4)5-11(3)22-23/h5-8,10H,1-4H3/b14-6+. The van der Waals surface area contributed by atoms with Crippen molar-refractivity contribution in [3.8, 4) is 11.8 Å². The molecule has 0 amide bonds. The highest BCUT2D eigenvalue weighted by atomic mass is 127. The molecular weight excluding hydrogens is 544 g/mol. The molecule has 2 aromatic rings. The third kappa shape index (κ3) is 4.82. The molecule has 0 saturated carbocycles. The van der Waals surface area contributed by atoms with Crippen LogP contribution in [0.4, 0.5) is 0 Å². The molecule has 0 spiro atoms. The number of nitrogens with zero attached hydrogens (tertiary/aromatic N) is 3. The number of halogens is 2. The summed E-state index contributed by atoms with van der Waals surface area (Å²) in [6.07, 6.45) is 1.66. The minimum absolute atomic E-state index is 0.0373. The van der Waals surface area contributed by atoms with Crippen LogP contribution in [0.5, 0.6) is 5.75 Å². The molecule has 0 unspecified atom stereocenters. The molecule has 2 rings (SSSR count). The minimum atomic E-state index is -0.430. The highest BCUT2D eigenvalue weighted by Gasteiger charge is 2.16. The van der Waals surface area contributed by atoms with Crippen molar-refractivity contribution in [2.45, 2.75) is 33.8 Å². The van der Waals surface area contributed by atoms with Gasteiger partial charge in [0.15, 0.2) is 0 Å². The van der Waals surface area contributed by atoms with Gasteiger partial charge >= 0.3 is 0 Å².